The number of carbonyl (C=O) groups excluding carboxylic acids is 3. The highest BCUT2D eigenvalue weighted by Crippen LogP contribution is 2.28. The normalized spacial score (nSPS) is 18.5. The molecule has 0 aliphatic carbocycles. The van der Waals surface area contributed by atoms with Crippen molar-refractivity contribution in [3.8, 4) is 0 Å². The Morgan fingerprint density at radius 1 is 1.26 bits per heavy atom. The van der Waals surface area contributed by atoms with Crippen LogP contribution in [-0.4, -0.2) is 83.8 Å². The van der Waals surface area contributed by atoms with Gasteiger partial charge in [-0.3, -0.25) is 14.7 Å². The smallest absolute Gasteiger partial charge is 0.414 e. The van der Waals surface area contributed by atoms with Crippen LogP contribution in [0.2, 0.25) is 0 Å². The van der Waals surface area contributed by atoms with Crippen molar-refractivity contribution in [1.82, 2.24) is 36.5 Å². The van der Waals surface area contributed by atoms with Crippen LogP contribution in [0.5, 0.6) is 0 Å². The molecule has 0 bridgehead atoms. The predicted octanol–water partition coefficient (Wildman–Crippen LogP) is -0.0585. The van der Waals surface area contributed by atoms with Gasteiger partial charge in [-0.15, -0.1) is 0 Å². The molecule has 4 amide bonds. The number of aromatic nitrogens is 3. The molecule has 0 spiro atoms. The summed E-state index contributed by atoms with van der Waals surface area (Å²) in [6.07, 6.45) is 0.431. The molecule has 1 aromatic carbocycles. The van der Waals surface area contributed by atoms with Crippen LogP contribution < -0.4 is 25.9 Å². The molecule has 2 aliphatic heterocycles. The number of hydrogen-bond acceptors (Lipinski definition) is 8. The van der Waals surface area contributed by atoms with Gasteiger partial charge >= 0.3 is 12.1 Å². The molecule has 13 nitrogen and oxygen atoms in total. The number of amides is 4. The zero-order valence-corrected chi connectivity index (χ0v) is 18.6. The number of anilines is 2. The second kappa shape index (κ2) is 10.3. The standard InChI is InChI=1S/C20H26FN9O4/c1-13(31)22-11-16-12-29(20(33)34-16)15-2-3-18(17(21)8-15)28-5-4-25-30(7-6-28)19(32)23-9-14-10-24-27-26-14/h2-3,8,10,16,25H,4-7,9,11-12H2,1H3,(H,22,31)(H,23,32)(H,24,26,27)/t16-/m0/s1. The minimum Gasteiger partial charge on any atom is -0.442 e. The number of H-pyrrole nitrogens is 1. The van der Waals surface area contributed by atoms with E-state index < -0.39 is 18.0 Å². The molecule has 1 aromatic heterocycles. The number of urea groups is 1. The minimum absolute atomic E-state index is 0.196. The number of nitrogens with one attached hydrogen (secondary N) is 4. The number of hydrogen-bond donors (Lipinski definition) is 4. The first kappa shape index (κ1) is 23.2. The summed E-state index contributed by atoms with van der Waals surface area (Å²) in [6.45, 7) is 3.67. The third-order valence-electron chi connectivity index (χ3n) is 5.45. The predicted molar refractivity (Wildman–Crippen MR) is 118 cm³/mol. The first-order valence-electron chi connectivity index (χ1n) is 10.8. The molecule has 4 rings (SSSR count). The molecular weight excluding hydrogens is 449 g/mol. The Hall–Kier alpha value is -3.94. The van der Waals surface area contributed by atoms with Crippen LogP contribution in [-0.2, 0) is 16.1 Å². The van der Waals surface area contributed by atoms with Crippen LogP contribution in [0.3, 0.4) is 0 Å². The summed E-state index contributed by atoms with van der Waals surface area (Å²) in [4.78, 5) is 38.9. The number of carbonyl (C=O) groups is 3. The van der Waals surface area contributed by atoms with E-state index in [-0.39, 0.29) is 31.6 Å². The molecule has 2 aromatic rings. The van der Waals surface area contributed by atoms with Crippen LogP contribution in [0.15, 0.2) is 24.4 Å². The van der Waals surface area contributed by atoms with Crippen molar-refractivity contribution >= 4 is 29.4 Å². The number of cyclic esters (lactones) is 1. The van der Waals surface area contributed by atoms with Gasteiger partial charge in [-0.25, -0.2) is 19.4 Å². The SMILES string of the molecule is CC(=O)NC[C@H]1CN(c2ccc(N3CCNN(C(=O)NCc4cn[nH]n4)CC3)c(F)c2)C(=O)O1. The van der Waals surface area contributed by atoms with E-state index in [2.05, 4.69) is 31.5 Å². The number of nitrogens with zero attached hydrogens (tertiary/aromatic N) is 5. The number of benzene rings is 1. The van der Waals surface area contributed by atoms with Gasteiger partial charge < -0.3 is 20.3 Å². The van der Waals surface area contributed by atoms with E-state index in [0.717, 1.165) is 0 Å². The molecule has 0 radical (unpaired) electrons. The molecule has 0 unspecified atom stereocenters. The summed E-state index contributed by atoms with van der Waals surface area (Å²) in [5.41, 5.74) is 4.38. The minimum atomic E-state index is -0.589. The molecular formula is C20H26FN9O4. The summed E-state index contributed by atoms with van der Waals surface area (Å²) < 4.78 is 20.3. The number of hydrazine groups is 1. The summed E-state index contributed by atoms with van der Waals surface area (Å²) in [5, 5.41) is 16.9. The van der Waals surface area contributed by atoms with Crippen molar-refractivity contribution in [1.29, 1.82) is 0 Å². The van der Waals surface area contributed by atoms with Gasteiger partial charge in [-0.1, -0.05) is 0 Å². The lowest BCUT2D eigenvalue weighted by atomic mass is 10.2. The van der Waals surface area contributed by atoms with Gasteiger partial charge in [0.15, 0.2) is 0 Å². The zero-order chi connectivity index (χ0) is 24.1. The van der Waals surface area contributed by atoms with E-state index in [4.69, 9.17) is 4.74 Å². The fraction of sp³-hybridized carbons (Fsp3) is 0.450. The van der Waals surface area contributed by atoms with Gasteiger partial charge in [0, 0.05) is 26.6 Å². The van der Waals surface area contributed by atoms with E-state index in [1.807, 2.05) is 4.90 Å². The fourth-order valence-electron chi connectivity index (χ4n) is 3.73. The number of ether oxygens (including phenoxy) is 1. The summed E-state index contributed by atoms with van der Waals surface area (Å²) >= 11 is 0. The van der Waals surface area contributed by atoms with Gasteiger partial charge in [-0.2, -0.15) is 15.4 Å². The summed E-state index contributed by atoms with van der Waals surface area (Å²) in [6, 6.07) is 4.24. The van der Waals surface area contributed by atoms with Gasteiger partial charge in [0.05, 0.1) is 43.8 Å². The number of aromatic amines is 1. The largest absolute Gasteiger partial charge is 0.442 e. The zero-order valence-electron chi connectivity index (χ0n) is 18.6. The molecule has 3 heterocycles. The Labute approximate surface area is 194 Å². The highest BCUT2D eigenvalue weighted by atomic mass is 19.1. The van der Waals surface area contributed by atoms with Crippen LogP contribution >= 0.6 is 0 Å². The number of halogens is 1. The maximum Gasteiger partial charge on any atom is 0.414 e. The van der Waals surface area contributed by atoms with Crippen LogP contribution in [0.1, 0.15) is 12.6 Å². The highest BCUT2D eigenvalue weighted by Gasteiger charge is 2.33. The molecule has 4 N–H and O–H groups in total. The van der Waals surface area contributed by atoms with Crippen LogP contribution in [0, 0.1) is 5.82 Å². The third-order valence-corrected chi connectivity index (χ3v) is 5.45. The second-order valence-electron chi connectivity index (χ2n) is 7.86. The van der Waals surface area contributed by atoms with Crippen molar-refractivity contribution in [2.75, 3.05) is 49.1 Å². The second-order valence-corrected chi connectivity index (χ2v) is 7.86. The quantitative estimate of drug-likeness (QED) is 0.454. The van der Waals surface area contributed by atoms with E-state index in [1.54, 1.807) is 12.1 Å². The lowest BCUT2D eigenvalue weighted by Gasteiger charge is -2.24. The Morgan fingerprint density at radius 2 is 2.12 bits per heavy atom. The Morgan fingerprint density at radius 3 is 2.85 bits per heavy atom. The topological polar surface area (TPSA) is 148 Å². The fourth-order valence-corrected chi connectivity index (χ4v) is 3.73. The van der Waals surface area contributed by atoms with Gasteiger partial charge in [0.25, 0.3) is 0 Å². The monoisotopic (exact) mass is 475 g/mol. The Bertz CT molecular complexity index is 1040. The lowest BCUT2D eigenvalue weighted by Crippen LogP contribution is -2.48. The van der Waals surface area contributed by atoms with Crippen molar-refractivity contribution < 1.29 is 23.5 Å². The summed E-state index contributed by atoms with van der Waals surface area (Å²) in [5.74, 6) is -0.706. The molecule has 1 atom stereocenters. The summed E-state index contributed by atoms with van der Waals surface area (Å²) in [7, 11) is 0. The van der Waals surface area contributed by atoms with Crippen LogP contribution in [0.4, 0.5) is 25.4 Å². The average Bonchev–Trinajstić information content (AvgIpc) is 3.39. The van der Waals surface area contributed by atoms with E-state index in [9.17, 15) is 14.4 Å². The van der Waals surface area contributed by atoms with E-state index in [0.29, 0.717) is 43.2 Å². The molecule has 34 heavy (non-hydrogen) atoms. The van der Waals surface area contributed by atoms with Crippen molar-refractivity contribution in [3.05, 3.63) is 35.9 Å². The van der Waals surface area contributed by atoms with Crippen molar-refractivity contribution in [2.24, 2.45) is 0 Å². The van der Waals surface area contributed by atoms with E-state index >= 15 is 4.39 Å². The van der Waals surface area contributed by atoms with E-state index in [1.165, 1.54) is 29.1 Å². The van der Waals surface area contributed by atoms with Crippen molar-refractivity contribution in [3.63, 3.8) is 0 Å². The molecule has 0 saturated carbocycles. The molecule has 2 saturated heterocycles. The Balaban J connectivity index is 1.34. The van der Waals surface area contributed by atoms with Gasteiger partial charge in [0.1, 0.15) is 17.6 Å². The first-order valence-corrected chi connectivity index (χ1v) is 10.8. The molecule has 2 fully saturated rings. The first-order chi connectivity index (χ1) is 16.4. The number of rotatable bonds is 6. The molecule has 2 aliphatic rings. The molecule has 14 heteroatoms. The maximum atomic E-state index is 15.0. The van der Waals surface area contributed by atoms with Gasteiger partial charge in [0.2, 0.25) is 5.91 Å². The highest BCUT2D eigenvalue weighted by molar-refractivity contribution is 5.90. The van der Waals surface area contributed by atoms with Gasteiger partial charge in [-0.05, 0) is 18.2 Å². The Kier molecular flexibility index (Phi) is 7.06. The lowest BCUT2D eigenvalue weighted by molar-refractivity contribution is -0.119. The third kappa shape index (κ3) is 5.51. The van der Waals surface area contributed by atoms with Crippen molar-refractivity contribution in [2.45, 2.75) is 19.6 Å². The van der Waals surface area contributed by atoms with Crippen LogP contribution in [0.25, 0.3) is 0 Å². The maximum absolute atomic E-state index is 15.0. The molecule has 182 valence electrons. The average molecular weight is 475 g/mol.